The lowest BCUT2D eigenvalue weighted by atomic mass is 10.0. The lowest BCUT2D eigenvalue weighted by Crippen LogP contribution is -2.22. The van der Waals surface area contributed by atoms with Gasteiger partial charge in [0.1, 0.15) is 11.6 Å². The number of hydrogen-bond donors (Lipinski definition) is 1. The van der Waals surface area contributed by atoms with E-state index in [4.69, 9.17) is 16.0 Å². The van der Waals surface area contributed by atoms with E-state index >= 15 is 0 Å². The average Bonchev–Trinajstić information content (AvgIpc) is 2.85. The monoisotopic (exact) mass is 271 g/mol. The molecule has 0 fully saturated rings. The highest BCUT2D eigenvalue weighted by Crippen LogP contribution is 2.28. The first-order chi connectivity index (χ1) is 8.63. The Balaban J connectivity index is 2.46. The Morgan fingerprint density at radius 2 is 2.11 bits per heavy atom. The van der Waals surface area contributed by atoms with E-state index in [2.05, 4.69) is 5.32 Å². The summed E-state index contributed by atoms with van der Waals surface area (Å²) in [7, 11) is 0. The largest absolute Gasteiger partial charge is 0.472 e. The zero-order valence-corrected chi connectivity index (χ0v) is 10.5. The first kappa shape index (κ1) is 13.1. The minimum Gasteiger partial charge on any atom is -0.472 e. The highest BCUT2D eigenvalue weighted by Gasteiger charge is 2.20. The van der Waals surface area contributed by atoms with E-state index in [1.165, 1.54) is 12.5 Å². The van der Waals surface area contributed by atoms with Gasteiger partial charge in [0.15, 0.2) is 0 Å². The van der Waals surface area contributed by atoms with Crippen LogP contribution >= 0.6 is 11.6 Å². The van der Waals surface area contributed by atoms with E-state index < -0.39 is 17.7 Å². The van der Waals surface area contributed by atoms with Crippen LogP contribution in [0.5, 0.6) is 0 Å². The first-order valence-corrected chi connectivity index (χ1v) is 5.91. The number of furan rings is 1. The van der Waals surface area contributed by atoms with Gasteiger partial charge in [-0.3, -0.25) is 0 Å². The van der Waals surface area contributed by atoms with Crippen molar-refractivity contribution in [3.05, 3.63) is 58.5 Å². The van der Waals surface area contributed by atoms with Crippen molar-refractivity contribution in [2.75, 3.05) is 6.54 Å². The van der Waals surface area contributed by atoms with E-state index in [-0.39, 0.29) is 10.6 Å². The zero-order valence-electron chi connectivity index (χ0n) is 9.71. The summed E-state index contributed by atoms with van der Waals surface area (Å²) in [4.78, 5) is 0. The van der Waals surface area contributed by atoms with Crippen LogP contribution in [-0.4, -0.2) is 6.54 Å². The van der Waals surface area contributed by atoms with Crippen molar-refractivity contribution in [1.29, 1.82) is 0 Å². The maximum Gasteiger partial charge on any atom is 0.142 e. The predicted molar refractivity (Wildman–Crippen MR) is 65.6 cm³/mol. The maximum absolute atomic E-state index is 13.9. The van der Waals surface area contributed by atoms with Crippen LogP contribution in [0.2, 0.25) is 5.02 Å². The molecule has 0 aliphatic carbocycles. The number of halogens is 3. The number of benzene rings is 1. The Labute approximate surface area is 109 Å². The lowest BCUT2D eigenvalue weighted by Gasteiger charge is -2.18. The van der Waals surface area contributed by atoms with Crippen molar-refractivity contribution < 1.29 is 13.2 Å². The molecule has 1 aromatic carbocycles. The molecule has 1 N–H and O–H groups in total. The Kier molecular flexibility index (Phi) is 3.99. The third-order valence-electron chi connectivity index (χ3n) is 2.64. The van der Waals surface area contributed by atoms with Crippen LogP contribution in [-0.2, 0) is 0 Å². The predicted octanol–water partition coefficient (Wildman–Crippen LogP) is 3.91. The summed E-state index contributed by atoms with van der Waals surface area (Å²) in [6.45, 7) is 2.50. The van der Waals surface area contributed by atoms with Gasteiger partial charge >= 0.3 is 0 Å². The number of hydrogen-bond acceptors (Lipinski definition) is 2. The minimum atomic E-state index is -0.639. The molecule has 2 aromatic rings. The standard InChI is InChI=1S/C13H12ClF2NO/c1-2-17-13(8-3-4-18-7-8)9-5-12(16)10(14)6-11(9)15/h3-7,13,17H,2H2,1H3. The second-order valence-electron chi connectivity index (χ2n) is 3.84. The second kappa shape index (κ2) is 5.50. The SMILES string of the molecule is CCNC(c1ccoc1)c1cc(F)c(Cl)cc1F. The molecule has 5 heteroatoms. The molecule has 0 saturated heterocycles. The van der Waals surface area contributed by atoms with Crippen LogP contribution in [0.4, 0.5) is 8.78 Å². The molecule has 0 bridgehead atoms. The molecule has 1 atom stereocenters. The zero-order chi connectivity index (χ0) is 13.1. The molecule has 2 rings (SSSR count). The Hall–Kier alpha value is -1.39. The maximum atomic E-state index is 13.9. The highest BCUT2D eigenvalue weighted by molar-refractivity contribution is 6.30. The fourth-order valence-corrected chi connectivity index (χ4v) is 1.96. The summed E-state index contributed by atoms with van der Waals surface area (Å²) in [5.74, 6) is -1.19. The van der Waals surface area contributed by atoms with Gasteiger partial charge in [-0.15, -0.1) is 0 Å². The van der Waals surface area contributed by atoms with Gasteiger partial charge in [-0.1, -0.05) is 18.5 Å². The highest BCUT2D eigenvalue weighted by atomic mass is 35.5. The number of rotatable bonds is 4. The average molecular weight is 272 g/mol. The molecule has 0 amide bonds. The molecule has 1 heterocycles. The summed E-state index contributed by atoms with van der Waals surface area (Å²) in [5.41, 5.74) is 0.942. The van der Waals surface area contributed by atoms with Crippen molar-refractivity contribution in [3.63, 3.8) is 0 Å². The summed E-state index contributed by atoms with van der Waals surface area (Å²) in [6, 6.07) is 3.34. The molecule has 0 spiro atoms. The summed E-state index contributed by atoms with van der Waals surface area (Å²) in [5, 5.41) is 2.86. The van der Waals surface area contributed by atoms with Crippen LogP contribution < -0.4 is 5.32 Å². The summed E-state index contributed by atoms with van der Waals surface area (Å²) in [6.07, 6.45) is 2.99. The molecule has 0 aliphatic heterocycles. The molecule has 0 radical (unpaired) electrons. The van der Waals surface area contributed by atoms with Crippen molar-refractivity contribution in [1.82, 2.24) is 5.32 Å². The fraction of sp³-hybridized carbons (Fsp3) is 0.231. The van der Waals surface area contributed by atoms with Crippen molar-refractivity contribution in [2.24, 2.45) is 0 Å². The normalized spacial score (nSPS) is 12.7. The Morgan fingerprint density at radius 1 is 1.33 bits per heavy atom. The van der Waals surface area contributed by atoms with Gasteiger partial charge in [-0.25, -0.2) is 8.78 Å². The summed E-state index contributed by atoms with van der Waals surface area (Å²) < 4.78 is 32.3. The molecular weight excluding hydrogens is 260 g/mol. The third-order valence-corrected chi connectivity index (χ3v) is 2.93. The summed E-state index contributed by atoms with van der Waals surface area (Å²) >= 11 is 5.54. The van der Waals surface area contributed by atoms with E-state index in [9.17, 15) is 8.78 Å². The Morgan fingerprint density at radius 3 is 2.72 bits per heavy atom. The van der Waals surface area contributed by atoms with Gasteiger partial charge < -0.3 is 9.73 Å². The van der Waals surface area contributed by atoms with Crippen LogP contribution in [0.15, 0.2) is 35.1 Å². The van der Waals surface area contributed by atoms with E-state index in [1.807, 2.05) is 6.92 Å². The molecule has 0 saturated carbocycles. The van der Waals surface area contributed by atoms with Gasteiger partial charge in [0, 0.05) is 11.1 Å². The molecule has 2 nitrogen and oxygen atoms in total. The van der Waals surface area contributed by atoms with Crippen LogP contribution in [0.25, 0.3) is 0 Å². The quantitative estimate of drug-likeness (QED) is 0.853. The van der Waals surface area contributed by atoms with Gasteiger partial charge in [0.2, 0.25) is 0 Å². The topological polar surface area (TPSA) is 25.2 Å². The van der Waals surface area contributed by atoms with Crippen molar-refractivity contribution in [3.8, 4) is 0 Å². The smallest absolute Gasteiger partial charge is 0.142 e. The van der Waals surface area contributed by atoms with Gasteiger partial charge in [0.05, 0.1) is 23.6 Å². The van der Waals surface area contributed by atoms with E-state index in [0.29, 0.717) is 6.54 Å². The number of nitrogens with one attached hydrogen (secondary N) is 1. The lowest BCUT2D eigenvalue weighted by molar-refractivity contribution is 0.531. The molecule has 18 heavy (non-hydrogen) atoms. The minimum absolute atomic E-state index is 0.208. The molecule has 0 aliphatic rings. The van der Waals surface area contributed by atoms with Crippen molar-refractivity contribution >= 4 is 11.6 Å². The molecule has 1 aromatic heterocycles. The Bertz CT molecular complexity index is 528. The second-order valence-corrected chi connectivity index (χ2v) is 4.24. The van der Waals surface area contributed by atoms with Gasteiger partial charge in [0.25, 0.3) is 0 Å². The van der Waals surface area contributed by atoms with Crippen LogP contribution in [0.3, 0.4) is 0 Å². The first-order valence-electron chi connectivity index (χ1n) is 5.53. The molecular formula is C13H12ClF2NO. The van der Waals surface area contributed by atoms with Crippen molar-refractivity contribution in [2.45, 2.75) is 13.0 Å². The molecule has 96 valence electrons. The van der Waals surface area contributed by atoms with E-state index in [1.54, 1.807) is 6.07 Å². The van der Waals surface area contributed by atoms with E-state index in [0.717, 1.165) is 17.7 Å². The third kappa shape index (κ3) is 2.54. The van der Waals surface area contributed by atoms with Crippen LogP contribution in [0, 0.1) is 11.6 Å². The van der Waals surface area contributed by atoms with Gasteiger partial charge in [-0.05, 0) is 24.7 Å². The fourth-order valence-electron chi connectivity index (χ4n) is 1.81. The van der Waals surface area contributed by atoms with Gasteiger partial charge in [-0.2, -0.15) is 0 Å². The van der Waals surface area contributed by atoms with Crippen LogP contribution in [0.1, 0.15) is 24.1 Å². The molecule has 1 unspecified atom stereocenters.